The third-order valence-electron chi connectivity index (χ3n) is 5.74. The highest BCUT2D eigenvalue weighted by atomic mass is 19.1. The van der Waals surface area contributed by atoms with Crippen molar-refractivity contribution in [2.24, 2.45) is 0 Å². The molecule has 3 rings (SSSR count). The van der Waals surface area contributed by atoms with Crippen LogP contribution >= 0.6 is 0 Å². The first-order valence-corrected chi connectivity index (χ1v) is 10.7. The summed E-state index contributed by atoms with van der Waals surface area (Å²) < 4.78 is 14.0. The molecule has 0 saturated heterocycles. The first-order valence-electron chi connectivity index (χ1n) is 10.7. The number of H-pyrrole nitrogens is 1. The summed E-state index contributed by atoms with van der Waals surface area (Å²) in [4.78, 5) is 20.4. The summed E-state index contributed by atoms with van der Waals surface area (Å²) in [5.41, 5.74) is 4.68. The average molecular weight is 426 g/mol. The molecule has 0 aliphatic heterocycles. The Morgan fingerprint density at radius 1 is 1.23 bits per heavy atom. The van der Waals surface area contributed by atoms with Gasteiger partial charge in [-0.2, -0.15) is 0 Å². The number of benzene rings is 1. The van der Waals surface area contributed by atoms with E-state index in [0.717, 1.165) is 33.4 Å². The van der Waals surface area contributed by atoms with Gasteiger partial charge in [-0.05, 0) is 69.0 Å². The maximum atomic E-state index is 14.0. The van der Waals surface area contributed by atoms with Gasteiger partial charge in [0.05, 0.1) is 23.8 Å². The molecule has 0 spiro atoms. The van der Waals surface area contributed by atoms with Crippen LogP contribution in [0.2, 0.25) is 0 Å². The van der Waals surface area contributed by atoms with Gasteiger partial charge in [0.1, 0.15) is 6.17 Å². The van der Waals surface area contributed by atoms with E-state index in [0.29, 0.717) is 0 Å². The molecule has 166 valence electrons. The van der Waals surface area contributed by atoms with Crippen molar-refractivity contribution in [2.45, 2.75) is 65.2 Å². The lowest BCUT2D eigenvalue weighted by Crippen LogP contribution is -2.43. The topological polar surface area (TPSA) is 78.0 Å². The molecule has 2 aromatic heterocycles. The van der Waals surface area contributed by atoms with E-state index >= 15 is 0 Å². The largest absolute Gasteiger partial charge is 0.387 e. The SMILES string of the molecule is Cc1cc(-c2[nH]c3ccc(C(C)C(=O)NC[C@@H](F)C(C)(C)O)cc3c2C(C)C)ccn1. The van der Waals surface area contributed by atoms with E-state index in [1.54, 1.807) is 0 Å². The zero-order valence-corrected chi connectivity index (χ0v) is 19.1. The second kappa shape index (κ2) is 8.79. The Morgan fingerprint density at radius 3 is 2.55 bits per heavy atom. The lowest BCUT2D eigenvalue weighted by molar-refractivity contribution is -0.123. The van der Waals surface area contributed by atoms with Crippen LogP contribution < -0.4 is 5.32 Å². The van der Waals surface area contributed by atoms with Crippen molar-refractivity contribution in [2.75, 3.05) is 6.54 Å². The Balaban J connectivity index is 1.93. The van der Waals surface area contributed by atoms with Crippen molar-refractivity contribution in [3.63, 3.8) is 0 Å². The number of carbonyl (C=O) groups is 1. The Bertz CT molecular complexity index is 1080. The minimum Gasteiger partial charge on any atom is -0.387 e. The van der Waals surface area contributed by atoms with E-state index < -0.39 is 17.7 Å². The highest BCUT2D eigenvalue weighted by Crippen LogP contribution is 2.37. The van der Waals surface area contributed by atoms with Crippen molar-refractivity contribution in [3.05, 3.63) is 53.3 Å². The molecule has 0 bridgehead atoms. The summed E-state index contributed by atoms with van der Waals surface area (Å²) in [5.74, 6) is -0.437. The second-order valence-electron chi connectivity index (χ2n) is 9.15. The van der Waals surface area contributed by atoms with Crippen LogP contribution in [0, 0.1) is 6.92 Å². The van der Waals surface area contributed by atoms with Gasteiger partial charge in [0, 0.05) is 28.4 Å². The molecule has 3 aromatic rings. The van der Waals surface area contributed by atoms with Gasteiger partial charge in [-0.1, -0.05) is 19.9 Å². The van der Waals surface area contributed by atoms with Crippen LogP contribution in [-0.2, 0) is 4.79 Å². The fraction of sp³-hybridized carbons (Fsp3) is 0.440. The van der Waals surface area contributed by atoms with Gasteiger partial charge in [-0.25, -0.2) is 4.39 Å². The van der Waals surface area contributed by atoms with Crippen molar-refractivity contribution in [1.82, 2.24) is 15.3 Å². The fourth-order valence-electron chi connectivity index (χ4n) is 3.77. The van der Waals surface area contributed by atoms with Crippen molar-refractivity contribution >= 4 is 16.8 Å². The maximum absolute atomic E-state index is 14.0. The third-order valence-corrected chi connectivity index (χ3v) is 5.74. The Kier molecular flexibility index (Phi) is 6.51. The number of halogens is 1. The normalized spacial score (nSPS) is 14.1. The van der Waals surface area contributed by atoms with Gasteiger partial charge in [-0.15, -0.1) is 0 Å². The van der Waals surface area contributed by atoms with Gasteiger partial charge >= 0.3 is 0 Å². The number of hydrogen-bond donors (Lipinski definition) is 3. The van der Waals surface area contributed by atoms with Gasteiger partial charge in [0.2, 0.25) is 5.91 Å². The molecule has 1 amide bonds. The molecule has 0 aliphatic carbocycles. The Morgan fingerprint density at radius 2 is 1.94 bits per heavy atom. The first-order chi connectivity index (χ1) is 14.5. The number of alkyl halides is 1. The van der Waals surface area contributed by atoms with E-state index in [9.17, 15) is 14.3 Å². The van der Waals surface area contributed by atoms with Crippen LogP contribution in [0.4, 0.5) is 4.39 Å². The maximum Gasteiger partial charge on any atom is 0.227 e. The van der Waals surface area contributed by atoms with Gasteiger partial charge in [0.25, 0.3) is 0 Å². The monoisotopic (exact) mass is 425 g/mol. The van der Waals surface area contributed by atoms with Crippen molar-refractivity contribution in [1.29, 1.82) is 0 Å². The molecule has 0 saturated carbocycles. The Labute approximate surface area is 183 Å². The fourth-order valence-corrected chi connectivity index (χ4v) is 3.77. The molecular weight excluding hydrogens is 393 g/mol. The number of pyridine rings is 1. The molecule has 5 nitrogen and oxygen atoms in total. The van der Waals surface area contributed by atoms with Gasteiger partial charge in [0.15, 0.2) is 0 Å². The zero-order valence-electron chi connectivity index (χ0n) is 19.1. The number of aromatic amines is 1. The van der Waals surface area contributed by atoms with Crippen molar-refractivity contribution in [3.8, 4) is 11.3 Å². The molecule has 2 heterocycles. The lowest BCUT2D eigenvalue weighted by Gasteiger charge is -2.23. The number of aromatic nitrogens is 2. The molecule has 2 atom stereocenters. The quantitative estimate of drug-likeness (QED) is 0.499. The summed E-state index contributed by atoms with van der Waals surface area (Å²) in [5, 5.41) is 13.4. The van der Waals surface area contributed by atoms with E-state index in [1.165, 1.54) is 19.4 Å². The molecule has 0 fully saturated rings. The number of amides is 1. The summed E-state index contributed by atoms with van der Waals surface area (Å²) in [6.07, 6.45) is 0.277. The number of rotatable bonds is 7. The first kappa shape index (κ1) is 22.9. The number of aliphatic hydroxyl groups is 1. The standard InChI is InChI=1S/C25H32FN3O2/c1-14(2)22-19-12-17(16(4)24(30)28-13-21(26)25(5,6)31)7-8-20(19)29-23(22)18-9-10-27-15(3)11-18/h7-12,14,16,21,29,31H,13H2,1-6H3,(H,28,30)/t16?,21-/m1/s1. The zero-order chi connectivity index (χ0) is 22.9. The summed E-state index contributed by atoms with van der Waals surface area (Å²) in [6, 6.07) is 10.0. The molecular formula is C25H32FN3O2. The summed E-state index contributed by atoms with van der Waals surface area (Å²) in [6.45, 7) is 10.6. The predicted octanol–water partition coefficient (Wildman–Crippen LogP) is 4.99. The van der Waals surface area contributed by atoms with Crippen LogP contribution in [0.5, 0.6) is 0 Å². The van der Waals surface area contributed by atoms with Gasteiger partial charge in [-0.3, -0.25) is 9.78 Å². The molecule has 0 radical (unpaired) electrons. The lowest BCUT2D eigenvalue weighted by atomic mass is 9.93. The second-order valence-corrected chi connectivity index (χ2v) is 9.15. The molecule has 1 aromatic carbocycles. The molecule has 3 N–H and O–H groups in total. The van der Waals surface area contributed by atoms with E-state index in [1.807, 2.05) is 44.3 Å². The number of hydrogen-bond acceptors (Lipinski definition) is 3. The highest BCUT2D eigenvalue weighted by Gasteiger charge is 2.28. The van der Waals surface area contributed by atoms with E-state index in [-0.39, 0.29) is 18.4 Å². The van der Waals surface area contributed by atoms with Crippen LogP contribution in [0.1, 0.15) is 63.3 Å². The minimum absolute atomic E-state index is 0.220. The van der Waals surface area contributed by atoms with Crippen molar-refractivity contribution < 1.29 is 14.3 Å². The number of nitrogens with zero attached hydrogens (tertiary/aromatic N) is 1. The number of nitrogens with one attached hydrogen (secondary N) is 2. The summed E-state index contributed by atoms with van der Waals surface area (Å²) in [7, 11) is 0. The van der Waals surface area contributed by atoms with Crippen LogP contribution in [-0.4, -0.2) is 39.3 Å². The third kappa shape index (κ3) is 4.96. The van der Waals surface area contributed by atoms with Crippen LogP contribution in [0.25, 0.3) is 22.2 Å². The molecule has 6 heteroatoms. The minimum atomic E-state index is -1.53. The molecule has 1 unspecified atom stereocenters. The van der Waals surface area contributed by atoms with E-state index in [2.05, 4.69) is 35.2 Å². The average Bonchev–Trinajstić information content (AvgIpc) is 3.09. The molecule has 31 heavy (non-hydrogen) atoms. The number of aryl methyl sites for hydroxylation is 1. The number of fused-ring (bicyclic) bond motifs is 1. The Hall–Kier alpha value is -2.73. The van der Waals surface area contributed by atoms with Crippen LogP contribution in [0.3, 0.4) is 0 Å². The van der Waals surface area contributed by atoms with Crippen LogP contribution in [0.15, 0.2) is 36.5 Å². The van der Waals surface area contributed by atoms with E-state index in [4.69, 9.17) is 0 Å². The highest BCUT2D eigenvalue weighted by molar-refractivity contribution is 5.93. The predicted molar refractivity (Wildman–Crippen MR) is 123 cm³/mol. The van der Waals surface area contributed by atoms with Gasteiger partial charge < -0.3 is 15.4 Å². The number of carbonyl (C=O) groups excluding carboxylic acids is 1. The summed E-state index contributed by atoms with van der Waals surface area (Å²) >= 11 is 0. The smallest absolute Gasteiger partial charge is 0.227 e. The molecule has 0 aliphatic rings.